The Labute approximate surface area is 129 Å². The monoisotopic (exact) mass is 310 g/mol. The predicted molar refractivity (Wildman–Crippen MR) is 83.0 cm³/mol. The van der Waals surface area contributed by atoms with Gasteiger partial charge in [-0.1, -0.05) is 23.7 Å². The normalized spacial score (nSPS) is 11.2. The number of rotatable bonds is 1. The summed E-state index contributed by atoms with van der Waals surface area (Å²) in [6.07, 6.45) is 4.69. The first-order chi connectivity index (χ1) is 10.8. The third kappa shape index (κ3) is 1.90. The molecule has 4 aromatic rings. The van der Waals surface area contributed by atoms with Crippen molar-refractivity contribution in [3.05, 3.63) is 59.8 Å². The van der Waals surface area contributed by atoms with Crippen LogP contribution in [0, 0.1) is 5.82 Å². The van der Waals surface area contributed by atoms with E-state index in [9.17, 15) is 4.39 Å². The van der Waals surface area contributed by atoms with Crippen LogP contribution < -0.4 is 0 Å². The maximum atomic E-state index is 14.2. The van der Waals surface area contributed by atoms with E-state index >= 15 is 0 Å². The van der Waals surface area contributed by atoms with Crippen molar-refractivity contribution in [2.24, 2.45) is 0 Å². The first-order valence-corrected chi connectivity index (χ1v) is 6.93. The van der Waals surface area contributed by atoms with E-state index in [4.69, 9.17) is 11.6 Å². The molecule has 106 valence electrons. The van der Waals surface area contributed by atoms with Gasteiger partial charge in [0.15, 0.2) is 0 Å². The highest BCUT2D eigenvalue weighted by molar-refractivity contribution is 6.37. The lowest BCUT2D eigenvalue weighted by Gasteiger charge is -2.04. The van der Waals surface area contributed by atoms with Crippen LogP contribution in [0.4, 0.5) is 4.39 Å². The molecule has 2 heterocycles. The Morgan fingerprint density at radius 2 is 1.77 bits per heavy atom. The van der Waals surface area contributed by atoms with Crippen LogP contribution in [0.2, 0.25) is 5.02 Å². The summed E-state index contributed by atoms with van der Waals surface area (Å²) in [4.78, 5) is 8.71. The summed E-state index contributed by atoms with van der Waals surface area (Å²) in [7, 11) is 0. The topological polar surface area (TPSA) is 51.6 Å². The second-order valence-corrected chi connectivity index (χ2v) is 5.15. The predicted octanol–water partition coefficient (Wildman–Crippen LogP) is 4.03. The fourth-order valence-corrected chi connectivity index (χ4v) is 2.74. The molecule has 2 aromatic carbocycles. The fraction of sp³-hybridized carbons (Fsp3) is 0. The largest absolute Gasteiger partial charge is 0.254 e. The van der Waals surface area contributed by atoms with Gasteiger partial charge in [-0.15, -0.1) is 5.10 Å². The van der Waals surface area contributed by atoms with Gasteiger partial charge in [0, 0.05) is 23.3 Å². The zero-order valence-corrected chi connectivity index (χ0v) is 11.9. The second kappa shape index (κ2) is 4.96. The van der Waals surface area contributed by atoms with Crippen LogP contribution in [0.3, 0.4) is 0 Å². The van der Waals surface area contributed by atoms with Crippen molar-refractivity contribution in [2.45, 2.75) is 0 Å². The zero-order valence-electron chi connectivity index (χ0n) is 11.2. The van der Waals surface area contributed by atoms with Crippen LogP contribution >= 0.6 is 11.6 Å². The van der Waals surface area contributed by atoms with Gasteiger partial charge in [0.05, 0.1) is 27.8 Å². The van der Waals surface area contributed by atoms with E-state index in [1.54, 1.807) is 36.7 Å². The van der Waals surface area contributed by atoms with Crippen LogP contribution in [-0.2, 0) is 0 Å². The molecule has 2 aromatic heterocycles. The molecule has 4 rings (SSSR count). The van der Waals surface area contributed by atoms with Crippen molar-refractivity contribution in [1.29, 1.82) is 0 Å². The number of hydrogen-bond donors (Lipinski definition) is 0. The number of nitrogens with zero attached hydrogens (tertiary/aromatic N) is 4. The van der Waals surface area contributed by atoms with Gasteiger partial charge >= 0.3 is 0 Å². The summed E-state index contributed by atoms with van der Waals surface area (Å²) in [5.41, 5.74) is 2.09. The van der Waals surface area contributed by atoms with Gasteiger partial charge in [-0.05, 0) is 18.2 Å². The van der Waals surface area contributed by atoms with Gasteiger partial charge in [-0.25, -0.2) is 4.39 Å². The van der Waals surface area contributed by atoms with Crippen molar-refractivity contribution in [3.8, 4) is 11.3 Å². The minimum Gasteiger partial charge on any atom is -0.254 e. The number of aromatic nitrogens is 4. The van der Waals surface area contributed by atoms with E-state index in [0.717, 1.165) is 5.39 Å². The van der Waals surface area contributed by atoms with E-state index in [2.05, 4.69) is 20.2 Å². The second-order valence-electron chi connectivity index (χ2n) is 4.75. The van der Waals surface area contributed by atoms with Crippen molar-refractivity contribution < 1.29 is 4.39 Å². The SMILES string of the molecule is Fc1ccccc1-c1nccnc2c1cc(Cl)c1nncc12. The Morgan fingerprint density at radius 1 is 0.955 bits per heavy atom. The minimum absolute atomic E-state index is 0.350. The molecule has 22 heavy (non-hydrogen) atoms. The smallest absolute Gasteiger partial charge is 0.132 e. The molecule has 0 amide bonds. The summed E-state index contributed by atoms with van der Waals surface area (Å²) in [5, 5.41) is 9.69. The van der Waals surface area contributed by atoms with E-state index < -0.39 is 0 Å². The Hall–Kier alpha value is -2.66. The van der Waals surface area contributed by atoms with Gasteiger partial charge in [0.2, 0.25) is 0 Å². The van der Waals surface area contributed by atoms with Crippen LogP contribution in [0.1, 0.15) is 0 Å². The fourth-order valence-electron chi connectivity index (χ4n) is 2.49. The lowest BCUT2D eigenvalue weighted by atomic mass is 10.0. The molecule has 0 unspecified atom stereocenters. The van der Waals surface area contributed by atoms with Crippen LogP contribution in [0.25, 0.3) is 33.1 Å². The third-order valence-electron chi connectivity index (χ3n) is 3.47. The van der Waals surface area contributed by atoms with Crippen molar-refractivity contribution in [3.63, 3.8) is 0 Å². The number of fused-ring (bicyclic) bond motifs is 3. The highest BCUT2D eigenvalue weighted by Gasteiger charge is 2.14. The molecule has 0 saturated heterocycles. The molecule has 0 bridgehead atoms. The van der Waals surface area contributed by atoms with Gasteiger partial charge in [0.25, 0.3) is 0 Å². The van der Waals surface area contributed by atoms with E-state index in [1.807, 2.05) is 0 Å². The quantitative estimate of drug-likeness (QED) is 0.532. The molecule has 6 heteroatoms. The molecule has 0 spiro atoms. The van der Waals surface area contributed by atoms with Gasteiger partial charge in [-0.2, -0.15) is 5.10 Å². The molecule has 0 aliphatic rings. The third-order valence-corrected chi connectivity index (χ3v) is 3.75. The van der Waals surface area contributed by atoms with Crippen molar-refractivity contribution >= 4 is 33.4 Å². The minimum atomic E-state index is -0.350. The Balaban J connectivity index is 2.21. The lowest BCUT2D eigenvalue weighted by molar-refractivity contribution is 0.631. The molecule has 0 radical (unpaired) electrons. The molecule has 0 aliphatic carbocycles. The Morgan fingerprint density at radius 3 is 2.64 bits per heavy atom. The summed E-state index contributed by atoms with van der Waals surface area (Å²) >= 11 is 6.27. The number of benzene rings is 2. The molecule has 0 atom stereocenters. The first kappa shape index (κ1) is 13.0. The molecule has 0 fully saturated rings. The number of hydrogen-bond acceptors (Lipinski definition) is 4. The van der Waals surface area contributed by atoms with E-state index in [0.29, 0.717) is 32.7 Å². The van der Waals surface area contributed by atoms with Gasteiger partial charge in [0.1, 0.15) is 11.3 Å². The molecular weight excluding hydrogens is 303 g/mol. The molecule has 4 nitrogen and oxygen atoms in total. The molecule has 0 aliphatic heterocycles. The summed E-state index contributed by atoms with van der Waals surface area (Å²) in [6, 6.07) is 8.18. The average Bonchev–Trinajstić information content (AvgIpc) is 2.92. The zero-order chi connectivity index (χ0) is 15.1. The summed E-state index contributed by atoms with van der Waals surface area (Å²) < 4.78 is 14.2. The van der Waals surface area contributed by atoms with Crippen molar-refractivity contribution in [1.82, 2.24) is 20.2 Å². The van der Waals surface area contributed by atoms with E-state index in [-0.39, 0.29) is 5.82 Å². The highest BCUT2D eigenvalue weighted by Crippen LogP contribution is 2.33. The maximum absolute atomic E-state index is 14.2. The molecule has 0 N–H and O–H groups in total. The van der Waals surface area contributed by atoms with Gasteiger partial charge < -0.3 is 0 Å². The molecular formula is C16H8ClFN4. The lowest BCUT2D eigenvalue weighted by Crippen LogP contribution is -1.87. The molecule has 0 saturated carbocycles. The number of halogens is 2. The van der Waals surface area contributed by atoms with Crippen LogP contribution in [0.15, 0.2) is 48.9 Å². The van der Waals surface area contributed by atoms with Crippen LogP contribution in [0.5, 0.6) is 0 Å². The maximum Gasteiger partial charge on any atom is 0.132 e. The van der Waals surface area contributed by atoms with Crippen molar-refractivity contribution in [2.75, 3.05) is 0 Å². The summed E-state index contributed by atoms with van der Waals surface area (Å²) in [5.74, 6) is -0.350. The first-order valence-electron chi connectivity index (χ1n) is 6.55. The van der Waals surface area contributed by atoms with Gasteiger partial charge in [-0.3, -0.25) is 9.97 Å². The Bertz CT molecular complexity index is 1020. The Kier molecular flexibility index (Phi) is 2.94. The standard InChI is InChI=1S/C16H8ClFN4/c17-12-7-10-14(9-3-1-2-4-13(9)18)19-5-6-20-15(10)11-8-21-22-16(11)12/h1-8H. The summed E-state index contributed by atoms with van der Waals surface area (Å²) in [6.45, 7) is 0. The average molecular weight is 311 g/mol. The van der Waals surface area contributed by atoms with Crippen LogP contribution in [-0.4, -0.2) is 20.2 Å². The highest BCUT2D eigenvalue weighted by atomic mass is 35.5. The van der Waals surface area contributed by atoms with E-state index in [1.165, 1.54) is 12.3 Å².